The minimum Gasteiger partial charge on any atom is -0.390 e. The van der Waals surface area contributed by atoms with Crippen LogP contribution in [-0.2, 0) is 0 Å². The summed E-state index contributed by atoms with van der Waals surface area (Å²) in [7, 11) is 0. The van der Waals surface area contributed by atoms with Crippen molar-refractivity contribution >= 4 is 0 Å². The molecule has 0 heterocycles. The number of hydrogen-bond donors (Lipinski definition) is 2. The van der Waals surface area contributed by atoms with Gasteiger partial charge in [0, 0.05) is 0 Å². The highest BCUT2D eigenvalue weighted by Gasteiger charge is 2.12. The zero-order valence-electron chi connectivity index (χ0n) is 7.16. The van der Waals surface area contributed by atoms with Crippen molar-refractivity contribution in [2.24, 2.45) is 0 Å². The van der Waals surface area contributed by atoms with Gasteiger partial charge in [0.1, 0.15) is 0 Å². The molecule has 0 bridgehead atoms. The Kier molecular flexibility index (Phi) is 6.18. The summed E-state index contributed by atoms with van der Waals surface area (Å²) in [5.41, 5.74) is 0. The maximum Gasteiger partial charge on any atom is 0.0799 e. The Morgan fingerprint density at radius 3 is 2.45 bits per heavy atom. The van der Waals surface area contributed by atoms with Crippen LogP contribution in [0, 0.1) is 0 Å². The van der Waals surface area contributed by atoms with Gasteiger partial charge in [-0.25, -0.2) is 0 Å². The highest BCUT2D eigenvalue weighted by atomic mass is 16.3. The van der Waals surface area contributed by atoms with Crippen molar-refractivity contribution < 1.29 is 10.2 Å². The number of allylic oxidation sites excluding steroid dienone is 1. The summed E-state index contributed by atoms with van der Waals surface area (Å²) in [5, 5.41) is 18.4. The van der Waals surface area contributed by atoms with Crippen molar-refractivity contribution in [2.45, 2.75) is 44.8 Å². The Hall–Kier alpha value is -0.340. The van der Waals surface area contributed by atoms with Crippen molar-refractivity contribution in [2.75, 3.05) is 0 Å². The fourth-order valence-electron chi connectivity index (χ4n) is 0.936. The van der Waals surface area contributed by atoms with E-state index in [1.807, 2.05) is 13.0 Å². The SMILES string of the molecule is C=CCCC[C@@H](O)[C@@H](O)CC. The zero-order chi connectivity index (χ0) is 8.69. The van der Waals surface area contributed by atoms with Gasteiger partial charge < -0.3 is 10.2 Å². The van der Waals surface area contributed by atoms with Crippen molar-refractivity contribution in [1.29, 1.82) is 0 Å². The number of unbranched alkanes of at least 4 members (excludes halogenated alkanes) is 1. The first-order chi connectivity index (χ1) is 5.22. The first kappa shape index (κ1) is 10.7. The summed E-state index contributed by atoms with van der Waals surface area (Å²) in [4.78, 5) is 0. The molecule has 0 aliphatic heterocycles. The molecule has 0 fully saturated rings. The molecule has 0 rings (SSSR count). The van der Waals surface area contributed by atoms with E-state index in [9.17, 15) is 5.11 Å². The van der Waals surface area contributed by atoms with Crippen LogP contribution in [0.4, 0.5) is 0 Å². The highest BCUT2D eigenvalue weighted by Crippen LogP contribution is 2.07. The van der Waals surface area contributed by atoms with Crippen LogP contribution >= 0.6 is 0 Å². The standard InChI is InChI=1S/C9H18O2/c1-3-5-6-7-9(11)8(10)4-2/h3,8-11H,1,4-7H2,2H3/t8-,9+/m0/s1. The first-order valence-corrected chi connectivity index (χ1v) is 4.19. The van der Waals surface area contributed by atoms with E-state index in [0.29, 0.717) is 12.8 Å². The van der Waals surface area contributed by atoms with Crippen molar-refractivity contribution in [1.82, 2.24) is 0 Å². The molecule has 0 saturated heterocycles. The smallest absolute Gasteiger partial charge is 0.0799 e. The predicted molar refractivity (Wildman–Crippen MR) is 46.4 cm³/mol. The Bertz CT molecular complexity index is 102. The molecule has 2 atom stereocenters. The first-order valence-electron chi connectivity index (χ1n) is 4.19. The molecule has 0 unspecified atom stereocenters. The Morgan fingerprint density at radius 1 is 1.36 bits per heavy atom. The van der Waals surface area contributed by atoms with Crippen LogP contribution in [0.2, 0.25) is 0 Å². The molecule has 2 heteroatoms. The average Bonchev–Trinajstić information content (AvgIpc) is 2.03. The largest absolute Gasteiger partial charge is 0.390 e. The van der Waals surface area contributed by atoms with Gasteiger partial charge in [-0.2, -0.15) is 0 Å². The third-order valence-corrected chi connectivity index (χ3v) is 1.77. The Labute approximate surface area is 68.6 Å². The van der Waals surface area contributed by atoms with Crippen LogP contribution < -0.4 is 0 Å². The number of hydrogen-bond acceptors (Lipinski definition) is 2. The van der Waals surface area contributed by atoms with Gasteiger partial charge in [-0.1, -0.05) is 13.0 Å². The number of aliphatic hydroxyl groups is 2. The molecule has 0 amide bonds. The van der Waals surface area contributed by atoms with E-state index in [2.05, 4.69) is 6.58 Å². The van der Waals surface area contributed by atoms with Crippen molar-refractivity contribution in [3.8, 4) is 0 Å². The van der Waals surface area contributed by atoms with Crippen LogP contribution in [0.25, 0.3) is 0 Å². The summed E-state index contributed by atoms with van der Waals surface area (Å²) in [5.74, 6) is 0. The van der Waals surface area contributed by atoms with Gasteiger partial charge in [-0.05, 0) is 25.7 Å². The lowest BCUT2D eigenvalue weighted by atomic mass is 10.1. The highest BCUT2D eigenvalue weighted by molar-refractivity contribution is 4.70. The van der Waals surface area contributed by atoms with Gasteiger partial charge in [0.15, 0.2) is 0 Å². The second kappa shape index (κ2) is 6.38. The lowest BCUT2D eigenvalue weighted by molar-refractivity contribution is 0.0119. The van der Waals surface area contributed by atoms with Crippen LogP contribution in [0.5, 0.6) is 0 Å². The van der Waals surface area contributed by atoms with E-state index in [0.717, 1.165) is 12.8 Å². The molecule has 0 saturated carbocycles. The van der Waals surface area contributed by atoms with E-state index in [-0.39, 0.29) is 0 Å². The Morgan fingerprint density at radius 2 is 2.00 bits per heavy atom. The maximum absolute atomic E-state index is 9.26. The second-order valence-corrected chi connectivity index (χ2v) is 2.76. The molecule has 2 N–H and O–H groups in total. The lowest BCUT2D eigenvalue weighted by Crippen LogP contribution is -2.24. The number of aliphatic hydroxyl groups excluding tert-OH is 2. The Balaban J connectivity index is 3.34. The zero-order valence-corrected chi connectivity index (χ0v) is 7.16. The molecule has 0 aromatic heterocycles. The molecular formula is C9H18O2. The van der Waals surface area contributed by atoms with E-state index < -0.39 is 12.2 Å². The molecule has 2 nitrogen and oxygen atoms in total. The minimum atomic E-state index is -0.556. The summed E-state index contributed by atoms with van der Waals surface area (Å²) in [6.07, 6.45) is 3.82. The summed E-state index contributed by atoms with van der Waals surface area (Å²) in [6.45, 7) is 5.44. The fourth-order valence-corrected chi connectivity index (χ4v) is 0.936. The molecule has 0 radical (unpaired) electrons. The van der Waals surface area contributed by atoms with Gasteiger partial charge >= 0.3 is 0 Å². The van der Waals surface area contributed by atoms with E-state index in [1.54, 1.807) is 0 Å². The van der Waals surface area contributed by atoms with Crippen molar-refractivity contribution in [3.63, 3.8) is 0 Å². The summed E-state index contributed by atoms with van der Waals surface area (Å²) >= 11 is 0. The van der Waals surface area contributed by atoms with Gasteiger partial charge in [-0.3, -0.25) is 0 Å². The fraction of sp³-hybridized carbons (Fsp3) is 0.778. The third-order valence-electron chi connectivity index (χ3n) is 1.77. The van der Waals surface area contributed by atoms with Crippen LogP contribution in [0.15, 0.2) is 12.7 Å². The molecule has 0 spiro atoms. The van der Waals surface area contributed by atoms with Crippen LogP contribution in [0.1, 0.15) is 32.6 Å². The van der Waals surface area contributed by atoms with E-state index >= 15 is 0 Å². The summed E-state index contributed by atoms with van der Waals surface area (Å²) < 4.78 is 0. The van der Waals surface area contributed by atoms with E-state index in [1.165, 1.54) is 0 Å². The topological polar surface area (TPSA) is 40.5 Å². The molecular weight excluding hydrogens is 140 g/mol. The normalized spacial score (nSPS) is 15.9. The molecule has 0 aliphatic rings. The second-order valence-electron chi connectivity index (χ2n) is 2.76. The van der Waals surface area contributed by atoms with Crippen molar-refractivity contribution in [3.05, 3.63) is 12.7 Å². The molecule has 66 valence electrons. The lowest BCUT2D eigenvalue weighted by Gasteiger charge is -2.14. The molecule has 11 heavy (non-hydrogen) atoms. The van der Waals surface area contributed by atoms with Gasteiger partial charge in [-0.15, -0.1) is 6.58 Å². The molecule has 0 aromatic rings. The average molecular weight is 158 g/mol. The van der Waals surface area contributed by atoms with Crippen LogP contribution in [0.3, 0.4) is 0 Å². The molecule has 0 aliphatic carbocycles. The van der Waals surface area contributed by atoms with Gasteiger partial charge in [0.25, 0.3) is 0 Å². The summed E-state index contributed by atoms with van der Waals surface area (Å²) in [6, 6.07) is 0. The van der Waals surface area contributed by atoms with Gasteiger partial charge in [0.2, 0.25) is 0 Å². The number of rotatable bonds is 6. The monoisotopic (exact) mass is 158 g/mol. The van der Waals surface area contributed by atoms with Gasteiger partial charge in [0.05, 0.1) is 12.2 Å². The maximum atomic E-state index is 9.26. The van der Waals surface area contributed by atoms with E-state index in [4.69, 9.17) is 5.11 Å². The van der Waals surface area contributed by atoms with Crippen LogP contribution in [-0.4, -0.2) is 22.4 Å². The quantitative estimate of drug-likeness (QED) is 0.454. The predicted octanol–water partition coefficient (Wildman–Crippen LogP) is 1.47. The minimum absolute atomic E-state index is 0.556. The molecule has 0 aromatic carbocycles. The third kappa shape index (κ3) is 4.99.